The minimum Gasteiger partial charge on any atom is -0.383 e. The van der Waals surface area contributed by atoms with Crippen LogP contribution in [0.3, 0.4) is 0 Å². The van der Waals surface area contributed by atoms with E-state index in [0.717, 1.165) is 28.6 Å². The lowest BCUT2D eigenvalue weighted by Gasteiger charge is -2.15. The van der Waals surface area contributed by atoms with Gasteiger partial charge >= 0.3 is 0 Å². The molecule has 3 aromatic rings. The Bertz CT molecular complexity index is 957. The predicted octanol–water partition coefficient (Wildman–Crippen LogP) is 2.07. The molecule has 1 aromatic carbocycles. The molecule has 0 bridgehead atoms. The molecule has 0 saturated heterocycles. The number of nitrogens with zero attached hydrogens (tertiary/aromatic N) is 5. The molecule has 0 unspecified atom stereocenters. The van der Waals surface area contributed by atoms with Crippen molar-refractivity contribution in [2.24, 2.45) is 0 Å². The zero-order valence-corrected chi connectivity index (χ0v) is 14.5. The van der Waals surface area contributed by atoms with Crippen molar-refractivity contribution in [2.75, 3.05) is 24.7 Å². The molecule has 2 N–H and O–H groups in total. The molecule has 25 heavy (non-hydrogen) atoms. The summed E-state index contributed by atoms with van der Waals surface area (Å²) in [5.41, 5.74) is 9.88. The summed E-state index contributed by atoms with van der Waals surface area (Å²) in [4.78, 5) is 21.9. The Balaban J connectivity index is 2.02. The molecule has 0 atom stereocenters. The highest BCUT2D eigenvalue weighted by molar-refractivity contribution is 5.89. The van der Waals surface area contributed by atoms with Gasteiger partial charge in [0, 0.05) is 25.4 Å². The number of carbonyl (C=O) groups is 1. The van der Waals surface area contributed by atoms with Gasteiger partial charge in [-0.05, 0) is 24.6 Å². The molecule has 2 heterocycles. The van der Waals surface area contributed by atoms with E-state index in [1.54, 1.807) is 4.68 Å². The SMILES string of the molecule is Cc1nn(C/C(C=O)=C/c2ccccc2N(C)C)c2ncnc(N)c12. The van der Waals surface area contributed by atoms with Crippen LogP contribution in [0.15, 0.2) is 36.2 Å². The van der Waals surface area contributed by atoms with Crippen molar-refractivity contribution in [2.45, 2.75) is 13.5 Å². The van der Waals surface area contributed by atoms with E-state index in [0.29, 0.717) is 23.6 Å². The lowest BCUT2D eigenvalue weighted by Crippen LogP contribution is -2.10. The topological polar surface area (TPSA) is 89.9 Å². The maximum Gasteiger partial charge on any atom is 0.163 e. The zero-order valence-electron chi connectivity index (χ0n) is 14.5. The lowest BCUT2D eigenvalue weighted by molar-refractivity contribution is -0.105. The molecule has 0 aliphatic rings. The average Bonchev–Trinajstić information content (AvgIpc) is 2.91. The van der Waals surface area contributed by atoms with Crippen LogP contribution in [0.5, 0.6) is 0 Å². The highest BCUT2D eigenvalue weighted by Crippen LogP contribution is 2.23. The van der Waals surface area contributed by atoms with E-state index in [-0.39, 0.29) is 0 Å². The van der Waals surface area contributed by atoms with E-state index in [9.17, 15) is 4.79 Å². The van der Waals surface area contributed by atoms with Crippen molar-refractivity contribution in [3.05, 3.63) is 47.4 Å². The Labute approximate surface area is 145 Å². The third-order valence-electron chi connectivity index (χ3n) is 3.98. The second kappa shape index (κ2) is 6.72. The molecule has 0 fully saturated rings. The van der Waals surface area contributed by atoms with Crippen LogP contribution in [0.4, 0.5) is 11.5 Å². The van der Waals surface area contributed by atoms with E-state index < -0.39 is 0 Å². The Morgan fingerprint density at radius 1 is 1.28 bits per heavy atom. The van der Waals surface area contributed by atoms with Crippen LogP contribution < -0.4 is 10.6 Å². The molecule has 0 saturated carbocycles. The van der Waals surface area contributed by atoms with Crippen molar-refractivity contribution in [3.63, 3.8) is 0 Å². The smallest absolute Gasteiger partial charge is 0.163 e. The summed E-state index contributed by atoms with van der Waals surface area (Å²) in [6.45, 7) is 2.16. The third-order valence-corrected chi connectivity index (χ3v) is 3.98. The Hall–Kier alpha value is -3.22. The number of carbonyl (C=O) groups excluding carboxylic acids is 1. The van der Waals surface area contributed by atoms with Gasteiger partial charge in [0.2, 0.25) is 0 Å². The average molecular weight is 336 g/mol. The minimum atomic E-state index is 0.312. The molecule has 0 amide bonds. The Morgan fingerprint density at radius 3 is 2.76 bits per heavy atom. The summed E-state index contributed by atoms with van der Waals surface area (Å²) in [6.07, 6.45) is 4.12. The van der Waals surface area contributed by atoms with E-state index in [2.05, 4.69) is 15.1 Å². The fourth-order valence-electron chi connectivity index (χ4n) is 2.83. The van der Waals surface area contributed by atoms with E-state index in [1.165, 1.54) is 6.33 Å². The fourth-order valence-corrected chi connectivity index (χ4v) is 2.83. The highest BCUT2D eigenvalue weighted by atomic mass is 16.1. The van der Waals surface area contributed by atoms with Crippen molar-refractivity contribution in [3.8, 4) is 0 Å². The molecular formula is C18H20N6O. The van der Waals surface area contributed by atoms with E-state index in [4.69, 9.17) is 5.73 Å². The number of aldehydes is 1. The molecule has 0 spiro atoms. The van der Waals surface area contributed by atoms with Crippen LogP contribution in [0.2, 0.25) is 0 Å². The van der Waals surface area contributed by atoms with Gasteiger partial charge in [0.05, 0.1) is 17.6 Å². The van der Waals surface area contributed by atoms with Gasteiger partial charge in [-0.2, -0.15) is 5.10 Å². The van der Waals surface area contributed by atoms with Gasteiger partial charge in [-0.1, -0.05) is 18.2 Å². The van der Waals surface area contributed by atoms with Gasteiger partial charge in [-0.25, -0.2) is 14.6 Å². The number of aromatic nitrogens is 4. The molecular weight excluding hydrogens is 316 g/mol. The van der Waals surface area contributed by atoms with Crippen LogP contribution in [0, 0.1) is 6.92 Å². The molecule has 7 heteroatoms. The summed E-state index contributed by atoms with van der Waals surface area (Å²) in [6, 6.07) is 7.90. The number of benzene rings is 1. The summed E-state index contributed by atoms with van der Waals surface area (Å²) >= 11 is 0. The number of allylic oxidation sites excluding steroid dienone is 1. The normalized spacial score (nSPS) is 11.7. The first kappa shape index (κ1) is 16.6. The number of nitrogen functional groups attached to an aromatic ring is 1. The third kappa shape index (κ3) is 3.21. The summed E-state index contributed by atoms with van der Waals surface area (Å²) in [5, 5.41) is 5.19. The number of nitrogens with two attached hydrogens (primary N) is 1. The van der Waals surface area contributed by atoms with Gasteiger partial charge in [0.25, 0.3) is 0 Å². The second-order valence-electron chi connectivity index (χ2n) is 5.99. The van der Waals surface area contributed by atoms with Gasteiger partial charge in [-0.15, -0.1) is 0 Å². The first-order chi connectivity index (χ1) is 12.0. The van der Waals surface area contributed by atoms with Crippen molar-refractivity contribution >= 4 is 34.9 Å². The molecule has 0 aliphatic heterocycles. The first-order valence-electron chi connectivity index (χ1n) is 7.87. The Morgan fingerprint density at radius 2 is 2.04 bits per heavy atom. The molecule has 7 nitrogen and oxygen atoms in total. The van der Waals surface area contributed by atoms with Gasteiger partial charge in [0.15, 0.2) is 5.65 Å². The zero-order chi connectivity index (χ0) is 18.0. The van der Waals surface area contributed by atoms with Crippen LogP contribution in [0.25, 0.3) is 17.1 Å². The molecule has 3 rings (SSSR count). The van der Waals surface area contributed by atoms with Gasteiger partial charge in [0.1, 0.15) is 18.4 Å². The summed E-state index contributed by atoms with van der Waals surface area (Å²) < 4.78 is 1.68. The van der Waals surface area contributed by atoms with Crippen molar-refractivity contribution in [1.29, 1.82) is 0 Å². The number of anilines is 2. The number of hydrogen-bond acceptors (Lipinski definition) is 6. The van der Waals surface area contributed by atoms with Crippen molar-refractivity contribution in [1.82, 2.24) is 19.7 Å². The molecule has 0 radical (unpaired) electrons. The van der Waals surface area contributed by atoms with Gasteiger partial charge in [-0.3, -0.25) is 4.79 Å². The van der Waals surface area contributed by atoms with E-state index in [1.807, 2.05) is 56.3 Å². The van der Waals surface area contributed by atoms with Crippen LogP contribution in [0.1, 0.15) is 11.3 Å². The second-order valence-corrected chi connectivity index (χ2v) is 5.99. The van der Waals surface area contributed by atoms with Crippen LogP contribution >= 0.6 is 0 Å². The minimum absolute atomic E-state index is 0.312. The number of rotatable bonds is 5. The molecule has 2 aromatic heterocycles. The largest absolute Gasteiger partial charge is 0.383 e. The maximum atomic E-state index is 11.6. The quantitative estimate of drug-likeness (QED) is 0.566. The van der Waals surface area contributed by atoms with Crippen LogP contribution in [-0.4, -0.2) is 40.1 Å². The number of para-hydroxylation sites is 1. The summed E-state index contributed by atoms with van der Waals surface area (Å²) in [7, 11) is 3.94. The number of aryl methyl sites for hydroxylation is 1. The lowest BCUT2D eigenvalue weighted by atomic mass is 10.1. The molecule has 128 valence electrons. The first-order valence-corrected chi connectivity index (χ1v) is 7.87. The maximum absolute atomic E-state index is 11.6. The highest BCUT2D eigenvalue weighted by Gasteiger charge is 2.13. The number of hydrogen-bond donors (Lipinski definition) is 1. The molecule has 0 aliphatic carbocycles. The van der Waals surface area contributed by atoms with Crippen molar-refractivity contribution < 1.29 is 4.79 Å². The van der Waals surface area contributed by atoms with Crippen LogP contribution in [-0.2, 0) is 11.3 Å². The number of fused-ring (bicyclic) bond motifs is 1. The van der Waals surface area contributed by atoms with E-state index >= 15 is 0 Å². The monoisotopic (exact) mass is 336 g/mol. The van der Waals surface area contributed by atoms with Gasteiger partial charge < -0.3 is 10.6 Å². The fraction of sp³-hybridized carbons (Fsp3) is 0.222. The predicted molar refractivity (Wildman–Crippen MR) is 99.3 cm³/mol. The summed E-state index contributed by atoms with van der Waals surface area (Å²) in [5.74, 6) is 0.392. The standard InChI is InChI=1S/C18H20N6O/c1-12-16-17(19)20-11-21-18(16)24(22-12)9-13(10-25)8-14-6-4-5-7-15(14)23(2)3/h4-8,10-11H,9H2,1-3H3,(H2,19,20,21)/b13-8-. The Kier molecular flexibility index (Phi) is 4.47.